The van der Waals surface area contributed by atoms with Crippen LogP contribution >= 0.6 is 11.3 Å². The predicted molar refractivity (Wildman–Crippen MR) is 64.2 cm³/mol. The van der Waals surface area contributed by atoms with E-state index >= 15 is 0 Å². The molecule has 1 aliphatic rings. The number of amides is 1. The van der Waals surface area contributed by atoms with Crippen LogP contribution < -0.4 is 4.74 Å². The minimum absolute atomic E-state index is 0.0313. The number of hydrogen-bond donors (Lipinski definition) is 1. The molecular weight excluding hydrogens is 258 g/mol. The highest BCUT2D eigenvalue weighted by Gasteiger charge is 2.33. The third-order valence-corrected chi connectivity index (χ3v) is 3.59. The number of nitrogens with zero attached hydrogens (tertiary/aromatic N) is 1. The Morgan fingerprint density at radius 1 is 1.61 bits per heavy atom. The molecule has 1 amide bonds. The lowest BCUT2D eigenvalue weighted by Gasteiger charge is -2.32. The molecule has 0 saturated carbocycles. The quantitative estimate of drug-likeness (QED) is 0.875. The first-order chi connectivity index (χ1) is 8.63. The van der Waals surface area contributed by atoms with E-state index in [0.717, 1.165) is 0 Å². The van der Waals surface area contributed by atoms with Crippen LogP contribution in [0.25, 0.3) is 0 Å². The summed E-state index contributed by atoms with van der Waals surface area (Å²) in [6.07, 6.45) is 0. The zero-order valence-corrected chi connectivity index (χ0v) is 10.6. The average Bonchev–Trinajstić information content (AvgIpc) is 2.86. The van der Waals surface area contributed by atoms with Crippen LogP contribution in [0, 0.1) is 0 Å². The van der Waals surface area contributed by atoms with Crippen LogP contribution in [0.2, 0.25) is 0 Å². The molecule has 1 N–H and O–H groups in total. The van der Waals surface area contributed by atoms with Crippen molar-refractivity contribution in [3.8, 4) is 5.75 Å². The Morgan fingerprint density at radius 2 is 2.39 bits per heavy atom. The molecule has 2 heterocycles. The van der Waals surface area contributed by atoms with Gasteiger partial charge in [0.1, 0.15) is 5.75 Å². The maximum absolute atomic E-state index is 12.2. The average molecular weight is 271 g/mol. The Hall–Kier alpha value is -1.60. The van der Waals surface area contributed by atoms with E-state index in [1.54, 1.807) is 11.4 Å². The summed E-state index contributed by atoms with van der Waals surface area (Å²) in [5.74, 6) is -0.742. The Bertz CT molecular complexity index is 458. The minimum atomic E-state index is -1.05. The summed E-state index contributed by atoms with van der Waals surface area (Å²) in [5, 5.41) is 10.8. The Labute approximate surface area is 108 Å². The van der Waals surface area contributed by atoms with Crippen molar-refractivity contribution in [1.29, 1.82) is 0 Å². The SMILES string of the molecule is COc1csc(C(=O)N2CCOC[C@@H]2C(=O)O)c1. The lowest BCUT2D eigenvalue weighted by molar-refractivity contribution is -0.147. The number of carbonyl (C=O) groups is 2. The largest absolute Gasteiger partial charge is 0.496 e. The molecule has 6 nitrogen and oxygen atoms in total. The van der Waals surface area contributed by atoms with E-state index in [4.69, 9.17) is 14.6 Å². The molecule has 0 bridgehead atoms. The monoisotopic (exact) mass is 271 g/mol. The summed E-state index contributed by atoms with van der Waals surface area (Å²) in [4.78, 5) is 25.1. The third kappa shape index (κ3) is 2.46. The molecule has 1 atom stereocenters. The van der Waals surface area contributed by atoms with Crippen LogP contribution in [0.4, 0.5) is 0 Å². The van der Waals surface area contributed by atoms with Gasteiger partial charge in [0.15, 0.2) is 6.04 Å². The Balaban J connectivity index is 2.17. The summed E-state index contributed by atoms with van der Waals surface area (Å²) in [6, 6.07) is 0.695. The molecule has 7 heteroatoms. The van der Waals surface area contributed by atoms with Gasteiger partial charge in [0.2, 0.25) is 0 Å². The van der Waals surface area contributed by atoms with E-state index in [1.165, 1.54) is 23.3 Å². The number of ether oxygens (including phenoxy) is 2. The van der Waals surface area contributed by atoms with Crippen molar-refractivity contribution in [2.24, 2.45) is 0 Å². The zero-order valence-electron chi connectivity index (χ0n) is 9.79. The van der Waals surface area contributed by atoms with Gasteiger partial charge in [0.25, 0.3) is 5.91 Å². The second-order valence-electron chi connectivity index (χ2n) is 3.78. The Morgan fingerprint density at radius 3 is 3.00 bits per heavy atom. The number of carboxylic acid groups (broad SMARTS) is 1. The molecular formula is C11H13NO5S. The van der Waals surface area contributed by atoms with Crippen LogP contribution in [-0.4, -0.2) is 54.8 Å². The van der Waals surface area contributed by atoms with E-state index in [-0.39, 0.29) is 19.1 Å². The smallest absolute Gasteiger partial charge is 0.328 e. The van der Waals surface area contributed by atoms with Crippen LogP contribution in [0.3, 0.4) is 0 Å². The Kier molecular flexibility index (Phi) is 3.83. The lowest BCUT2D eigenvalue weighted by Crippen LogP contribution is -2.52. The van der Waals surface area contributed by atoms with Gasteiger partial charge in [-0.05, 0) is 0 Å². The van der Waals surface area contributed by atoms with Gasteiger partial charge in [-0.2, -0.15) is 0 Å². The van der Waals surface area contributed by atoms with Crippen LogP contribution in [0.15, 0.2) is 11.4 Å². The van der Waals surface area contributed by atoms with Crippen molar-refractivity contribution < 1.29 is 24.2 Å². The summed E-state index contributed by atoms with van der Waals surface area (Å²) >= 11 is 1.24. The third-order valence-electron chi connectivity index (χ3n) is 2.70. The van der Waals surface area contributed by atoms with Gasteiger partial charge in [-0.1, -0.05) is 0 Å². The standard InChI is InChI=1S/C11H13NO5S/c1-16-7-4-9(18-6-7)10(13)12-2-3-17-5-8(12)11(14)15/h4,6,8H,2-3,5H2,1H3,(H,14,15)/t8-/m1/s1. The minimum Gasteiger partial charge on any atom is -0.496 e. The highest BCUT2D eigenvalue weighted by Crippen LogP contribution is 2.24. The maximum Gasteiger partial charge on any atom is 0.328 e. The highest BCUT2D eigenvalue weighted by atomic mass is 32.1. The summed E-state index contributed by atoms with van der Waals surface area (Å²) in [7, 11) is 1.52. The number of rotatable bonds is 3. The molecule has 1 aromatic rings. The van der Waals surface area contributed by atoms with E-state index in [1.807, 2.05) is 0 Å². The molecule has 0 radical (unpaired) electrons. The topological polar surface area (TPSA) is 76.1 Å². The number of methoxy groups -OCH3 is 1. The first kappa shape index (κ1) is 12.8. The van der Waals surface area contributed by atoms with Gasteiger partial charge in [-0.25, -0.2) is 4.79 Å². The first-order valence-corrected chi connectivity index (χ1v) is 6.25. The molecule has 2 rings (SSSR count). The summed E-state index contributed by atoms with van der Waals surface area (Å²) < 4.78 is 10.1. The van der Waals surface area contributed by atoms with E-state index in [9.17, 15) is 9.59 Å². The van der Waals surface area contributed by atoms with Gasteiger partial charge >= 0.3 is 5.97 Å². The van der Waals surface area contributed by atoms with Crippen molar-refractivity contribution in [3.05, 3.63) is 16.3 Å². The van der Waals surface area contributed by atoms with Crippen molar-refractivity contribution in [1.82, 2.24) is 4.90 Å². The molecule has 1 fully saturated rings. The van der Waals surface area contributed by atoms with Crippen LogP contribution in [-0.2, 0) is 9.53 Å². The molecule has 1 aliphatic heterocycles. The first-order valence-electron chi connectivity index (χ1n) is 5.37. The summed E-state index contributed by atoms with van der Waals surface area (Å²) in [6.45, 7) is 0.678. The lowest BCUT2D eigenvalue weighted by atomic mass is 10.2. The number of carboxylic acids is 1. The van der Waals surface area contributed by atoms with Gasteiger partial charge in [-0.3, -0.25) is 4.79 Å². The van der Waals surface area contributed by atoms with Crippen molar-refractivity contribution >= 4 is 23.2 Å². The molecule has 0 spiro atoms. The van der Waals surface area contributed by atoms with Crippen LogP contribution in [0.1, 0.15) is 9.67 Å². The predicted octanol–water partition coefficient (Wildman–Crippen LogP) is 0.682. The van der Waals surface area contributed by atoms with E-state index in [0.29, 0.717) is 17.2 Å². The van der Waals surface area contributed by atoms with Crippen molar-refractivity contribution in [2.75, 3.05) is 26.9 Å². The van der Waals surface area contributed by atoms with Gasteiger partial charge in [0.05, 0.1) is 25.2 Å². The maximum atomic E-state index is 12.2. The second-order valence-corrected chi connectivity index (χ2v) is 4.69. The molecule has 1 aromatic heterocycles. The molecule has 18 heavy (non-hydrogen) atoms. The number of hydrogen-bond acceptors (Lipinski definition) is 5. The molecule has 98 valence electrons. The van der Waals surface area contributed by atoms with Gasteiger partial charge < -0.3 is 19.5 Å². The van der Waals surface area contributed by atoms with E-state index < -0.39 is 12.0 Å². The fraction of sp³-hybridized carbons (Fsp3) is 0.455. The van der Waals surface area contributed by atoms with Crippen LogP contribution in [0.5, 0.6) is 5.75 Å². The number of carbonyl (C=O) groups excluding carboxylic acids is 1. The number of thiophene rings is 1. The summed E-state index contributed by atoms with van der Waals surface area (Å²) in [5.41, 5.74) is 0. The second kappa shape index (κ2) is 5.36. The van der Waals surface area contributed by atoms with Gasteiger partial charge in [0, 0.05) is 18.0 Å². The fourth-order valence-electron chi connectivity index (χ4n) is 1.73. The molecule has 0 aliphatic carbocycles. The zero-order chi connectivity index (χ0) is 13.1. The number of morpholine rings is 1. The van der Waals surface area contributed by atoms with Crippen molar-refractivity contribution in [3.63, 3.8) is 0 Å². The number of aliphatic carboxylic acids is 1. The normalized spacial score (nSPS) is 19.6. The fourth-order valence-corrected chi connectivity index (χ4v) is 2.54. The van der Waals surface area contributed by atoms with Gasteiger partial charge in [-0.15, -0.1) is 11.3 Å². The molecule has 1 saturated heterocycles. The van der Waals surface area contributed by atoms with Crippen molar-refractivity contribution in [2.45, 2.75) is 6.04 Å². The molecule has 0 unspecified atom stereocenters. The highest BCUT2D eigenvalue weighted by molar-refractivity contribution is 7.12. The van der Waals surface area contributed by atoms with E-state index in [2.05, 4.69) is 0 Å². The molecule has 0 aromatic carbocycles.